The normalized spacial score (nSPS) is 12.2. The number of amides is 2. The van der Waals surface area contributed by atoms with Crippen LogP contribution >= 0.6 is 23.2 Å². The molecule has 0 aromatic heterocycles. The first-order valence-corrected chi connectivity index (χ1v) is 16.8. The lowest BCUT2D eigenvalue weighted by Crippen LogP contribution is -2.56. The Labute approximate surface area is 280 Å². The van der Waals surface area contributed by atoms with Crippen LogP contribution in [-0.4, -0.2) is 50.4 Å². The molecule has 2 amide bonds. The summed E-state index contributed by atoms with van der Waals surface area (Å²) < 4.78 is 34.5. The van der Waals surface area contributed by atoms with Crippen molar-refractivity contribution >= 4 is 50.7 Å². The Hall–Kier alpha value is -4.05. The number of anilines is 1. The molecule has 242 valence electrons. The average Bonchev–Trinajstić information content (AvgIpc) is 3.03. The predicted octanol–water partition coefficient (Wildman–Crippen LogP) is 6.75. The maximum atomic E-state index is 14.5. The van der Waals surface area contributed by atoms with Gasteiger partial charge in [0.25, 0.3) is 10.0 Å². The van der Waals surface area contributed by atoms with Crippen LogP contribution < -0.4 is 14.4 Å². The molecule has 0 spiro atoms. The number of nitrogens with zero attached hydrogens (tertiary/aromatic N) is 2. The summed E-state index contributed by atoms with van der Waals surface area (Å²) in [5.41, 5.74) is 1.14. The van der Waals surface area contributed by atoms with Crippen molar-refractivity contribution in [3.63, 3.8) is 0 Å². The Morgan fingerprint density at radius 2 is 1.43 bits per heavy atom. The highest BCUT2D eigenvalue weighted by Crippen LogP contribution is 2.28. The fraction of sp³-hybridized carbons (Fsp3) is 0.257. The lowest BCUT2D eigenvalue weighted by molar-refractivity contribution is -0.140. The summed E-state index contributed by atoms with van der Waals surface area (Å²) in [6.45, 7) is 4.96. The Kier molecular flexibility index (Phi) is 11.4. The minimum atomic E-state index is -4.24. The number of carbonyl (C=O) groups excluding carboxylic acids is 2. The van der Waals surface area contributed by atoms with Crippen molar-refractivity contribution in [2.75, 3.05) is 18.0 Å². The van der Waals surface area contributed by atoms with Gasteiger partial charge in [0.05, 0.1) is 27.7 Å². The summed E-state index contributed by atoms with van der Waals surface area (Å²) in [4.78, 5) is 29.9. The van der Waals surface area contributed by atoms with Crippen molar-refractivity contribution in [1.29, 1.82) is 0 Å². The summed E-state index contributed by atoms with van der Waals surface area (Å²) in [6.07, 6.45) is 0.187. The van der Waals surface area contributed by atoms with Crippen LogP contribution in [0, 0.1) is 0 Å². The number of carbonyl (C=O) groups is 2. The predicted molar refractivity (Wildman–Crippen MR) is 183 cm³/mol. The molecule has 0 aliphatic rings. The quantitative estimate of drug-likeness (QED) is 0.178. The Morgan fingerprint density at radius 1 is 0.826 bits per heavy atom. The second-order valence-corrected chi connectivity index (χ2v) is 14.4. The first-order chi connectivity index (χ1) is 21.8. The van der Waals surface area contributed by atoms with Crippen molar-refractivity contribution in [3.05, 3.63) is 124 Å². The largest absolute Gasteiger partial charge is 0.497 e. The molecule has 0 aliphatic heterocycles. The average molecular weight is 683 g/mol. The molecule has 4 aromatic carbocycles. The molecule has 46 heavy (non-hydrogen) atoms. The number of sulfonamides is 1. The van der Waals surface area contributed by atoms with Crippen molar-refractivity contribution in [3.8, 4) is 5.75 Å². The molecule has 0 radical (unpaired) electrons. The van der Waals surface area contributed by atoms with Gasteiger partial charge >= 0.3 is 0 Å². The van der Waals surface area contributed by atoms with Gasteiger partial charge in [-0.25, -0.2) is 8.42 Å². The van der Waals surface area contributed by atoms with Crippen LogP contribution in [-0.2, 0) is 32.6 Å². The Bertz CT molecular complexity index is 1750. The summed E-state index contributed by atoms with van der Waals surface area (Å²) in [6, 6.07) is 27.6. The fourth-order valence-corrected chi connectivity index (χ4v) is 6.57. The highest BCUT2D eigenvalue weighted by molar-refractivity contribution is 7.92. The summed E-state index contributed by atoms with van der Waals surface area (Å²) in [7, 11) is -2.75. The first kappa shape index (κ1) is 34.8. The van der Waals surface area contributed by atoms with Crippen LogP contribution in [0.25, 0.3) is 0 Å². The van der Waals surface area contributed by atoms with E-state index in [1.165, 1.54) is 24.1 Å². The van der Waals surface area contributed by atoms with Crippen LogP contribution in [0.4, 0.5) is 5.69 Å². The molecule has 0 bridgehead atoms. The van der Waals surface area contributed by atoms with Crippen molar-refractivity contribution < 1.29 is 22.7 Å². The third-order valence-electron chi connectivity index (χ3n) is 7.08. The fourth-order valence-electron chi connectivity index (χ4n) is 4.84. The molecule has 4 rings (SSSR count). The number of benzene rings is 4. The first-order valence-electron chi connectivity index (χ1n) is 14.6. The maximum absolute atomic E-state index is 14.5. The molecule has 1 unspecified atom stereocenters. The standard InChI is InChI=1S/C35H37Cl2N3O5S/c1-35(2,3)38-34(42)32(22-25-11-7-5-8-12-25)39(23-26-15-20-30(36)31(37)21-26)33(41)24-40(27-13-9-6-10-14-27)46(43,44)29-18-16-28(45-4)17-19-29/h5-21,32H,22-24H2,1-4H3,(H,38,42). The molecule has 0 aliphatic carbocycles. The van der Waals surface area contributed by atoms with Gasteiger partial charge < -0.3 is 15.0 Å². The second-order valence-electron chi connectivity index (χ2n) is 11.7. The van der Waals surface area contributed by atoms with E-state index in [4.69, 9.17) is 27.9 Å². The summed E-state index contributed by atoms with van der Waals surface area (Å²) >= 11 is 12.5. The van der Waals surface area contributed by atoms with Gasteiger partial charge in [0, 0.05) is 18.5 Å². The number of halogens is 2. The molecule has 1 N–H and O–H groups in total. The van der Waals surface area contributed by atoms with E-state index in [1.54, 1.807) is 60.7 Å². The van der Waals surface area contributed by atoms with Gasteiger partial charge in [-0.15, -0.1) is 0 Å². The van der Waals surface area contributed by atoms with Crippen LogP contribution in [0.2, 0.25) is 10.0 Å². The molecule has 4 aromatic rings. The number of hydrogen-bond donors (Lipinski definition) is 1. The van der Waals surface area contributed by atoms with E-state index in [9.17, 15) is 18.0 Å². The van der Waals surface area contributed by atoms with Crippen LogP contribution in [0.3, 0.4) is 0 Å². The van der Waals surface area contributed by atoms with Crippen LogP contribution in [0.1, 0.15) is 31.9 Å². The number of nitrogens with one attached hydrogen (secondary N) is 1. The zero-order valence-corrected chi connectivity index (χ0v) is 28.4. The van der Waals surface area contributed by atoms with Crippen molar-refractivity contribution in [1.82, 2.24) is 10.2 Å². The lowest BCUT2D eigenvalue weighted by atomic mass is 10.0. The molecule has 0 saturated carbocycles. The monoisotopic (exact) mass is 681 g/mol. The topological polar surface area (TPSA) is 96.0 Å². The SMILES string of the molecule is COc1ccc(S(=O)(=O)N(CC(=O)N(Cc2ccc(Cl)c(Cl)c2)C(Cc2ccccc2)C(=O)NC(C)(C)C)c2ccccc2)cc1. The molecular formula is C35H37Cl2N3O5S. The van der Waals surface area contributed by atoms with Crippen molar-refractivity contribution in [2.45, 2.75) is 50.2 Å². The second kappa shape index (κ2) is 15.0. The van der Waals surface area contributed by atoms with E-state index in [-0.39, 0.29) is 23.8 Å². The third-order valence-corrected chi connectivity index (χ3v) is 9.60. The minimum Gasteiger partial charge on any atom is -0.497 e. The summed E-state index contributed by atoms with van der Waals surface area (Å²) in [5.74, 6) is -0.478. The van der Waals surface area contributed by atoms with Crippen LogP contribution in [0.15, 0.2) is 108 Å². The minimum absolute atomic E-state index is 0.0210. The van der Waals surface area contributed by atoms with Gasteiger partial charge in [0.15, 0.2) is 0 Å². The van der Waals surface area contributed by atoms with Gasteiger partial charge in [-0.2, -0.15) is 0 Å². The van der Waals surface area contributed by atoms with Gasteiger partial charge in [-0.3, -0.25) is 13.9 Å². The highest BCUT2D eigenvalue weighted by Gasteiger charge is 2.35. The van der Waals surface area contributed by atoms with Crippen LogP contribution in [0.5, 0.6) is 5.75 Å². The molecule has 0 fully saturated rings. The third kappa shape index (κ3) is 9.02. The van der Waals surface area contributed by atoms with E-state index in [0.29, 0.717) is 27.0 Å². The van der Waals surface area contributed by atoms with E-state index < -0.39 is 34.1 Å². The highest BCUT2D eigenvalue weighted by atomic mass is 35.5. The van der Waals surface area contributed by atoms with E-state index in [2.05, 4.69) is 5.32 Å². The van der Waals surface area contributed by atoms with E-state index in [0.717, 1.165) is 9.87 Å². The maximum Gasteiger partial charge on any atom is 0.264 e. The number of methoxy groups -OCH3 is 1. The number of rotatable bonds is 12. The van der Waals surface area contributed by atoms with Gasteiger partial charge in [-0.05, 0) is 80.4 Å². The van der Waals surface area contributed by atoms with Gasteiger partial charge in [0.1, 0.15) is 18.3 Å². The van der Waals surface area contributed by atoms with Gasteiger partial charge in [0.2, 0.25) is 11.8 Å². The molecule has 8 nitrogen and oxygen atoms in total. The zero-order chi connectivity index (χ0) is 33.5. The molecular weight excluding hydrogens is 645 g/mol. The zero-order valence-electron chi connectivity index (χ0n) is 26.1. The smallest absolute Gasteiger partial charge is 0.264 e. The lowest BCUT2D eigenvalue weighted by Gasteiger charge is -2.35. The van der Waals surface area contributed by atoms with E-state index in [1.807, 2.05) is 51.1 Å². The Balaban J connectivity index is 1.81. The molecule has 0 heterocycles. The number of para-hydroxylation sites is 1. The molecule has 0 saturated heterocycles. The van der Waals surface area contributed by atoms with E-state index >= 15 is 0 Å². The molecule has 1 atom stereocenters. The molecule has 11 heteroatoms. The van der Waals surface area contributed by atoms with Gasteiger partial charge in [-0.1, -0.05) is 77.8 Å². The number of hydrogen-bond acceptors (Lipinski definition) is 5. The summed E-state index contributed by atoms with van der Waals surface area (Å²) in [5, 5.41) is 3.64. The Morgan fingerprint density at radius 3 is 2.00 bits per heavy atom. The van der Waals surface area contributed by atoms with Crippen molar-refractivity contribution in [2.24, 2.45) is 0 Å². The number of ether oxygens (including phenoxy) is 1.